The molecule has 1 fully saturated rings. The fourth-order valence-electron chi connectivity index (χ4n) is 2.29. The highest BCUT2D eigenvalue weighted by molar-refractivity contribution is 7.91. The number of hydrogen-bond donors (Lipinski definition) is 0. The summed E-state index contributed by atoms with van der Waals surface area (Å²) in [6, 6.07) is 6.26. The second kappa shape index (κ2) is 5.63. The maximum atomic E-state index is 12.5. The molecule has 0 radical (unpaired) electrons. The Morgan fingerprint density at radius 2 is 1.65 bits per heavy atom. The molecule has 1 aromatic rings. The first-order valence-corrected chi connectivity index (χ1v) is 9.94. The van der Waals surface area contributed by atoms with Gasteiger partial charge in [0.15, 0.2) is 0 Å². The molecule has 8 heteroatoms. The van der Waals surface area contributed by atoms with E-state index in [1.807, 2.05) is 0 Å². The van der Waals surface area contributed by atoms with Gasteiger partial charge in [0.1, 0.15) is 14.7 Å². The first-order chi connectivity index (χ1) is 9.23. The Hall–Kier alpha value is -0.630. The number of nitrogens with zero attached hydrogens (tertiary/aromatic N) is 1. The molecule has 1 heterocycles. The fraction of sp³-hybridized carbons (Fsp3) is 0.500. The number of rotatable bonds is 3. The van der Waals surface area contributed by atoms with Crippen molar-refractivity contribution >= 4 is 31.5 Å². The second-order valence-electron chi connectivity index (χ2n) is 4.86. The first kappa shape index (κ1) is 15.8. The Balaban J connectivity index is 2.20. The minimum atomic E-state index is -3.66. The van der Waals surface area contributed by atoms with Crippen LogP contribution in [-0.4, -0.2) is 45.7 Å². The van der Waals surface area contributed by atoms with E-state index in [0.717, 1.165) is 0 Å². The molecule has 112 valence electrons. The molecular formula is C12H16ClNO4S2. The van der Waals surface area contributed by atoms with Crippen LogP contribution in [0.2, 0.25) is 5.02 Å². The number of sulfone groups is 1. The van der Waals surface area contributed by atoms with Crippen LogP contribution in [0, 0.1) is 0 Å². The third-order valence-corrected chi connectivity index (χ3v) is 7.54. The quantitative estimate of drug-likeness (QED) is 0.838. The van der Waals surface area contributed by atoms with Crippen molar-refractivity contribution in [3.63, 3.8) is 0 Å². The zero-order chi connectivity index (χ0) is 15.0. The molecule has 1 saturated heterocycles. The van der Waals surface area contributed by atoms with E-state index in [1.54, 1.807) is 12.1 Å². The molecule has 0 aromatic heterocycles. The molecule has 1 aliphatic heterocycles. The van der Waals surface area contributed by atoms with Crippen LogP contribution in [0.1, 0.15) is 12.8 Å². The maximum Gasteiger partial charge on any atom is 0.244 e. The van der Waals surface area contributed by atoms with Crippen molar-refractivity contribution in [1.29, 1.82) is 0 Å². The van der Waals surface area contributed by atoms with Gasteiger partial charge in [-0.2, -0.15) is 4.31 Å². The Kier molecular flexibility index (Phi) is 4.44. The zero-order valence-electron chi connectivity index (χ0n) is 11.0. The lowest BCUT2D eigenvalue weighted by molar-refractivity contribution is 0.346. The monoisotopic (exact) mass is 337 g/mol. The van der Waals surface area contributed by atoms with Crippen LogP contribution < -0.4 is 0 Å². The van der Waals surface area contributed by atoms with Crippen LogP contribution in [-0.2, 0) is 19.9 Å². The van der Waals surface area contributed by atoms with Gasteiger partial charge in [-0.05, 0) is 25.0 Å². The van der Waals surface area contributed by atoms with Gasteiger partial charge in [-0.3, -0.25) is 0 Å². The molecule has 0 aliphatic carbocycles. The largest absolute Gasteiger partial charge is 0.244 e. The van der Waals surface area contributed by atoms with Gasteiger partial charge < -0.3 is 0 Å². The van der Waals surface area contributed by atoms with Gasteiger partial charge in [0.25, 0.3) is 0 Å². The SMILES string of the molecule is CS(=O)(=O)C1CCN(S(=O)(=O)c2ccccc2Cl)CC1. The number of sulfonamides is 1. The number of benzene rings is 1. The van der Waals surface area contributed by atoms with Gasteiger partial charge in [0.2, 0.25) is 10.0 Å². The molecule has 0 spiro atoms. The van der Waals surface area contributed by atoms with Crippen LogP contribution in [0.4, 0.5) is 0 Å². The second-order valence-corrected chi connectivity index (χ2v) is 9.50. The van der Waals surface area contributed by atoms with Gasteiger partial charge in [0, 0.05) is 19.3 Å². The third kappa shape index (κ3) is 3.16. The lowest BCUT2D eigenvalue weighted by Crippen LogP contribution is -2.42. The van der Waals surface area contributed by atoms with Gasteiger partial charge in [-0.15, -0.1) is 0 Å². The predicted octanol–water partition coefficient (Wildman–Crippen LogP) is 1.54. The normalized spacial score (nSPS) is 19.1. The molecule has 0 bridgehead atoms. The van der Waals surface area contributed by atoms with Crippen molar-refractivity contribution in [3.05, 3.63) is 29.3 Å². The van der Waals surface area contributed by atoms with E-state index in [1.165, 1.54) is 22.7 Å². The van der Waals surface area contributed by atoms with Crippen LogP contribution in [0.15, 0.2) is 29.2 Å². The van der Waals surface area contributed by atoms with Gasteiger partial charge in [-0.25, -0.2) is 16.8 Å². The average Bonchev–Trinajstić information content (AvgIpc) is 2.38. The number of hydrogen-bond acceptors (Lipinski definition) is 4. The molecule has 5 nitrogen and oxygen atoms in total. The van der Waals surface area contributed by atoms with E-state index < -0.39 is 25.1 Å². The highest BCUT2D eigenvalue weighted by Gasteiger charge is 2.33. The van der Waals surface area contributed by atoms with E-state index in [0.29, 0.717) is 12.8 Å². The highest BCUT2D eigenvalue weighted by atomic mass is 35.5. The van der Waals surface area contributed by atoms with E-state index in [2.05, 4.69) is 0 Å². The van der Waals surface area contributed by atoms with Crippen molar-refractivity contribution in [3.8, 4) is 0 Å². The van der Waals surface area contributed by atoms with Crippen molar-refractivity contribution in [2.75, 3.05) is 19.3 Å². The molecular weight excluding hydrogens is 322 g/mol. The highest BCUT2D eigenvalue weighted by Crippen LogP contribution is 2.27. The Labute approximate surface area is 124 Å². The molecule has 0 atom stereocenters. The number of halogens is 1. The van der Waals surface area contributed by atoms with E-state index in [4.69, 9.17) is 11.6 Å². The Morgan fingerprint density at radius 1 is 1.10 bits per heavy atom. The molecule has 1 aromatic carbocycles. The minimum absolute atomic E-state index is 0.0690. The molecule has 2 rings (SSSR count). The summed E-state index contributed by atoms with van der Waals surface area (Å²) in [6.45, 7) is 0.399. The van der Waals surface area contributed by atoms with E-state index in [-0.39, 0.29) is 23.0 Å². The molecule has 0 amide bonds. The van der Waals surface area contributed by atoms with Crippen molar-refractivity contribution < 1.29 is 16.8 Å². The molecule has 0 N–H and O–H groups in total. The van der Waals surface area contributed by atoms with Crippen LogP contribution in [0.25, 0.3) is 0 Å². The van der Waals surface area contributed by atoms with E-state index in [9.17, 15) is 16.8 Å². The van der Waals surface area contributed by atoms with Crippen molar-refractivity contribution in [2.24, 2.45) is 0 Å². The maximum absolute atomic E-state index is 12.5. The van der Waals surface area contributed by atoms with Crippen molar-refractivity contribution in [2.45, 2.75) is 23.0 Å². The lowest BCUT2D eigenvalue weighted by atomic mass is 10.2. The van der Waals surface area contributed by atoms with Crippen LogP contribution in [0.5, 0.6) is 0 Å². The summed E-state index contributed by atoms with van der Waals surface area (Å²) in [5.41, 5.74) is 0. The summed E-state index contributed by atoms with van der Waals surface area (Å²) in [5, 5.41) is -0.280. The van der Waals surface area contributed by atoms with Crippen molar-refractivity contribution in [1.82, 2.24) is 4.31 Å². The zero-order valence-corrected chi connectivity index (χ0v) is 13.4. The summed E-state index contributed by atoms with van der Waals surface area (Å²) >= 11 is 5.93. The summed E-state index contributed by atoms with van der Waals surface area (Å²) in [5.74, 6) is 0. The molecule has 0 saturated carbocycles. The summed E-state index contributed by atoms with van der Waals surface area (Å²) in [6.07, 6.45) is 1.83. The summed E-state index contributed by atoms with van der Waals surface area (Å²) in [4.78, 5) is 0.0690. The number of piperidine rings is 1. The van der Waals surface area contributed by atoms with Gasteiger partial charge >= 0.3 is 0 Å². The molecule has 0 unspecified atom stereocenters. The average molecular weight is 338 g/mol. The summed E-state index contributed by atoms with van der Waals surface area (Å²) < 4.78 is 49.2. The van der Waals surface area contributed by atoms with Gasteiger partial charge in [-0.1, -0.05) is 23.7 Å². The molecule has 1 aliphatic rings. The van der Waals surface area contributed by atoms with Gasteiger partial charge in [0.05, 0.1) is 10.3 Å². The fourth-order valence-corrected chi connectivity index (χ4v) is 5.32. The first-order valence-electron chi connectivity index (χ1n) is 6.16. The van der Waals surface area contributed by atoms with Crippen LogP contribution in [0.3, 0.4) is 0 Å². The standard InChI is InChI=1S/C12H16ClNO4S2/c1-19(15,16)10-6-8-14(9-7-10)20(17,18)12-5-3-2-4-11(12)13/h2-5,10H,6-9H2,1H3. The summed E-state index contributed by atoms with van der Waals surface area (Å²) in [7, 11) is -6.77. The predicted molar refractivity (Wildman–Crippen MR) is 78.1 cm³/mol. The third-order valence-electron chi connectivity index (χ3n) is 3.46. The van der Waals surface area contributed by atoms with Crippen LogP contribution >= 0.6 is 11.6 Å². The Bertz CT molecular complexity index is 692. The van der Waals surface area contributed by atoms with E-state index >= 15 is 0 Å². The Morgan fingerprint density at radius 3 is 2.15 bits per heavy atom. The molecule has 20 heavy (non-hydrogen) atoms. The lowest BCUT2D eigenvalue weighted by Gasteiger charge is -2.30. The minimum Gasteiger partial charge on any atom is -0.229 e. The topological polar surface area (TPSA) is 71.5 Å². The smallest absolute Gasteiger partial charge is 0.229 e.